The van der Waals surface area contributed by atoms with Crippen molar-refractivity contribution in [2.24, 2.45) is 5.92 Å². The summed E-state index contributed by atoms with van der Waals surface area (Å²) in [5, 5.41) is 16.9. The van der Waals surface area contributed by atoms with Crippen LogP contribution in [0.3, 0.4) is 0 Å². The van der Waals surface area contributed by atoms with Gasteiger partial charge in [0.1, 0.15) is 6.04 Å². The van der Waals surface area contributed by atoms with E-state index < -0.39 is 5.60 Å². The number of nitrogens with one attached hydrogen (secondary N) is 1. The van der Waals surface area contributed by atoms with Crippen LogP contribution in [-0.4, -0.2) is 26.8 Å². The molecule has 3 rings (SSSR count). The van der Waals surface area contributed by atoms with Crippen LogP contribution in [0.25, 0.3) is 0 Å². The third-order valence-corrected chi connectivity index (χ3v) is 4.86. The van der Waals surface area contributed by atoms with Gasteiger partial charge >= 0.3 is 0 Å². The van der Waals surface area contributed by atoms with E-state index >= 15 is 0 Å². The van der Waals surface area contributed by atoms with Crippen LogP contribution in [-0.2, 0) is 6.42 Å². The molecular weight excluding hydrogens is 342 g/mol. The summed E-state index contributed by atoms with van der Waals surface area (Å²) in [7, 11) is 0. The topological polar surface area (TPSA) is 88.2 Å². The average Bonchev–Trinajstić information content (AvgIpc) is 3.35. The van der Waals surface area contributed by atoms with E-state index in [0.29, 0.717) is 23.8 Å². The quantitative estimate of drug-likeness (QED) is 0.737. The first-order chi connectivity index (χ1) is 12.7. The summed E-state index contributed by atoms with van der Waals surface area (Å²) in [5.74, 6) is 1.62. The number of hydrogen-bond donors (Lipinski definition) is 2. The van der Waals surface area contributed by atoms with Gasteiger partial charge in [-0.25, -0.2) is 0 Å². The minimum atomic E-state index is -0.691. The minimum absolute atomic E-state index is 0.132. The molecule has 0 saturated heterocycles. The Balaban J connectivity index is 1.64. The fourth-order valence-corrected chi connectivity index (χ4v) is 2.89. The predicted molar refractivity (Wildman–Crippen MR) is 102 cm³/mol. The zero-order chi connectivity index (χ0) is 19.6. The predicted octanol–water partition coefficient (Wildman–Crippen LogP) is 3.78. The summed E-state index contributed by atoms with van der Waals surface area (Å²) in [4.78, 5) is 17.2. The molecule has 1 amide bonds. The van der Waals surface area contributed by atoms with Crippen LogP contribution in [0.1, 0.15) is 86.6 Å². The number of aryl methyl sites for hydroxylation is 1. The molecule has 2 N–H and O–H groups in total. The fourth-order valence-electron chi connectivity index (χ4n) is 2.89. The lowest BCUT2D eigenvalue weighted by Gasteiger charge is -2.19. The number of aromatic nitrogens is 2. The molecule has 6 nitrogen and oxygen atoms in total. The van der Waals surface area contributed by atoms with Crippen LogP contribution in [0.5, 0.6) is 0 Å². The number of nitrogens with zero attached hydrogens (tertiary/aromatic N) is 2. The molecule has 1 aliphatic carbocycles. The molecule has 1 aliphatic rings. The van der Waals surface area contributed by atoms with Crippen LogP contribution >= 0.6 is 0 Å². The first kappa shape index (κ1) is 19.5. The number of amides is 1. The first-order valence-electron chi connectivity index (χ1n) is 9.68. The number of hydrogen-bond acceptors (Lipinski definition) is 5. The van der Waals surface area contributed by atoms with Gasteiger partial charge in [0.2, 0.25) is 5.89 Å². The fraction of sp³-hybridized carbons (Fsp3) is 0.571. The molecule has 1 aromatic carbocycles. The third kappa shape index (κ3) is 5.39. The Labute approximate surface area is 160 Å². The van der Waals surface area contributed by atoms with E-state index in [0.717, 1.165) is 30.7 Å². The Bertz CT molecular complexity index is 771. The summed E-state index contributed by atoms with van der Waals surface area (Å²) in [6.07, 6.45) is 3.66. The maximum absolute atomic E-state index is 12.7. The summed E-state index contributed by atoms with van der Waals surface area (Å²) in [6.45, 7) is 7.64. The van der Waals surface area contributed by atoms with Gasteiger partial charge in [-0.05, 0) is 63.1 Å². The Morgan fingerprint density at radius 2 is 1.96 bits per heavy atom. The lowest BCUT2D eigenvalue weighted by atomic mass is 9.98. The Morgan fingerprint density at radius 3 is 2.52 bits per heavy atom. The SMILES string of the molecule is CC(C)[C@H](NC(=O)c1ccc(CCC(C)(C)O)cc1)c1nc(C2CC2)no1. The van der Waals surface area contributed by atoms with Crippen LogP contribution in [0, 0.1) is 5.92 Å². The molecular formula is C21H29N3O3. The largest absolute Gasteiger partial charge is 0.390 e. The Morgan fingerprint density at radius 1 is 1.30 bits per heavy atom. The van der Waals surface area contributed by atoms with Gasteiger partial charge in [0.15, 0.2) is 5.82 Å². The van der Waals surface area contributed by atoms with Crippen molar-refractivity contribution in [2.75, 3.05) is 0 Å². The normalized spacial score (nSPS) is 15.8. The molecule has 6 heteroatoms. The summed E-state index contributed by atoms with van der Waals surface area (Å²) < 4.78 is 5.41. The summed E-state index contributed by atoms with van der Waals surface area (Å²) in [5.41, 5.74) is 0.999. The maximum Gasteiger partial charge on any atom is 0.251 e. The number of benzene rings is 1. The number of carbonyl (C=O) groups excluding carboxylic acids is 1. The van der Waals surface area contributed by atoms with Crippen molar-refractivity contribution in [1.82, 2.24) is 15.5 Å². The highest BCUT2D eigenvalue weighted by molar-refractivity contribution is 5.94. The third-order valence-electron chi connectivity index (χ3n) is 4.86. The highest BCUT2D eigenvalue weighted by atomic mass is 16.5. The van der Waals surface area contributed by atoms with Gasteiger partial charge in [-0.15, -0.1) is 0 Å². The highest BCUT2D eigenvalue weighted by Crippen LogP contribution is 2.38. The number of carbonyl (C=O) groups is 1. The van der Waals surface area contributed by atoms with Gasteiger partial charge in [0.05, 0.1) is 5.60 Å². The van der Waals surface area contributed by atoms with Gasteiger partial charge in [-0.1, -0.05) is 31.1 Å². The van der Waals surface area contributed by atoms with Gasteiger partial charge < -0.3 is 14.9 Å². The average molecular weight is 371 g/mol. The second-order valence-electron chi connectivity index (χ2n) is 8.47. The van der Waals surface area contributed by atoms with Gasteiger partial charge in [-0.3, -0.25) is 4.79 Å². The lowest BCUT2D eigenvalue weighted by molar-refractivity contribution is 0.0713. The number of aliphatic hydroxyl groups is 1. The van der Waals surface area contributed by atoms with Gasteiger partial charge in [0.25, 0.3) is 5.91 Å². The molecule has 0 spiro atoms. The van der Waals surface area contributed by atoms with Crippen molar-refractivity contribution in [3.63, 3.8) is 0 Å². The van der Waals surface area contributed by atoms with E-state index in [2.05, 4.69) is 15.5 Å². The van der Waals surface area contributed by atoms with Crippen molar-refractivity contribution >= 4 is 5.91 Å². The Hall–Kier alpha value is -2.21. The van der Waals surface area contributed by atoms with E-state index in [4.69, 9.17) is 4.52 Å². The minimum Gasteiger partial charge on any atom is -0.390 e. The number of rotatable bonds is 8. The smallest absolute Gasteiger partial charge is 0.251 e. The molecule has 0 unspecified atom stereocenters. The molecule has 1 aromatic heterocycles. The Kier molecular flexibility index (Phi) is 5.65. The van der Waals surface area contributed by atoms with Crippen LogP contribution in [0.4, 0.5) is 0 Å². The molecule has 0 bridgehead atoms. The van der Waals surface area contributed by atoms with Crippen molar-refractivity contribution in [2.45, 2.75) is 70.9 Å². The molecule has 27 heavy (non-hydrogen) atoms. The van der Waals surface area contributed by atoms with Gasteiger partial charge in [0, 0.05) is 11.5 Å². The molecule has 1 fully saturated rings. The van der Waals surface area contributed by atoms with E-state index in [-0.39, 0.29) is 17.9 Å². The van der Waals surface area contributed by atoms with Crippen molar-refractivity contribution in [3.05, 3.63) is 47.1 Å². The van der Waals surface area contributed by atoms with Gasteiger partial charge in [-0.2, -0.15) is 4.98 Å². The van der Waals surface area contributed by atoms with E-state index in [1.54, 1.807) is 13.8 Å². The highest BCUT2D eigenvalue weighted by Gasteiger charge is 2.31. The van der Waals surface area contributed by atoms with Crippen LogP contribution in [0.2, 0.25) is 0 Å². The zero-order valence-corrected chi connectivity index (χ0v) is 16.5. The monoisotopic (exact) mass is 371 g/mol. The van der Waals surface area contributed by atoms with Crippen molar-refractivity contribution in [3.8, 4) is 0 Å². The second-order valence-corrected chi connectivity index (χ2v) is 8.47. The standard InChI is InChI=1S/C21H29N3O3/c1-13(2)17(20-23-18(24-27-20)15-9-10-15)22-19(25)16-7-5-14(6-8-16)11-12-21(3,4)26/h5-8,13,15,17,26H,9-12H2,1-4H3,(H,22,25)/t17-/m0/s1. The molecule has 2 aromatic rings. The molecule has 0 aliphatic heterocycles. The molecule has 1 atom stereocenters. The van der Waals surface area contributed by atoms with E-state index in [9.17, 15) is 9.90 Å². The van der Waals surface area contributed by atoms with Crippen LogP contribution in [0.15, 0.2) is 28.8 Å². The summed E-state index contributed by atoms with van der Waals surface area (Å²) in [6, 6.07) is 7.18. The van der Waals surface area contributed by atoms with Crippen LogP contribution < -0.4 is 5.32 Å². The van der Waals surface area contributed by atoms with E-state index in [1.807, 2.05) is 38.1 Å². The molecule has 1 saturated carbocycles. The maximum atomic E-state index is 12.7. The van der Waals surface area contributed by atoms with Crippen molar-refractivity contribution in [1.29, 1.82) is 0 Å². The second kappa shape index (κ2) is 7.80. The van der Waals surface area contributed by atoms with E-state index in [1.165, 1.54) is 0 Å². The summed E-state index contributed by atoms with van der Waals surface area (Å²) >= 11 is 0. The van der Waals surface area contributed by atoms with Crippen molar-refractivity contribution < 1.29 is 14.4 Å². The molecule has 1 heterocycles. The zero-order valence-electron chi connectivity index (χ0n) is 16.5. The lowest BCUT2D eigenvalue weighted by Crippen LogP contribution is -2.32. The first-order valence-corrected chi connectivity index (χ1v) is 9.68. The molecule has 146 valence electrons. The molecule has 0 radical (unpaired) electrons.